The van der Waals surface area contributed by atoms with Gasteiger partial charge in [0.2, 0.25) is 23.5 Å². The highest BCUT2D eigenvalue weighted by Crippen LogP contribution is 2.34. The number of alkyl halides is 1. The maximum atomic E-state index is 15.9. The van der Waals surface area contributed by atoms with E-state index in [1.165, 1.54) is 22.4 Å². The molecule has 4 atom stereocenters. The van der Waals surface area contributed by atoms with Crippen molar-refractivity contribution in [3.8, 4) is 21.6 Å². The third-order valence-corrected chi connectivity index (χ3v) is 25.6. The average Bonchev–Trinajstić information content (AvgIpc) is 1.65. The molecule has 3 aromatic carbocycles. The SMILES string of the molecule is COCCOCCOCCOCCOCCOCCOCCOCCOCCOCCOCCOCCOCCOCCOCCOCCOCCOCCOCCOCCOCCOCCOCCC(=O)O[C@@H]1C[C@@H](C(=O)NCc2ccc(-c3scnc3C)cc2)N(C(=O)[C@@H](NC(=O)COCCN2CCN(c3ccc(-c4cnc5[nH]cc(C(=O)c6c(F)ccc(NS(=O)(=O)N7CC[C@@H](F)C7)c6F)c5c4)cc3)CC2)C(C)(C)C)C1. The van der Waals surface area contributed by atoms with Crippen molar-refractivity contribution in [2.24, 2.45) is 5.41 Å². The summed E-state index contributed by atoms with van der Waals surface area (Å²) >= 11 is 1.54. The number of piperazine rings is 1. The van der Waals surface area contributed by atoms with Gasteiger partial charge in [0, 0.05) is 100 Å². The van der Waals surface area contributed by atoms with Crippen LogP contribution in [0.2, 0.25) is 0 Å². The number of nitrogens with one attached hydrogen (secondary N) is 4. The van der Waals surface area contributed by atoms with Gasteiger partial charge in [0.1, 0.15) is 42.4 Å². The number of aryl methyl sites for hydroxylation is 1. The third-order valence-electron chi connectivity index (χ3n) is 23.2. The number of carbonyl (C=O) groups is 5. The van der Waals surface area contributed by atoms with Crippen LogP contribution in [-0.4, -0.2) is 461 Å². The summed E-state index contributed by atoms with van der Waals surface area (Å²) in [5, 5.41) is 6.16. The van der Waals surface area contributed by atoms with Gasteiger partial charge in [0.05, 0.1) is 344 Å². The molecule has 9 rings (SSSR count). The van der Waals surface area contributed by atoms with Crippen LogP contribution < -0.4 is 20.3 Å². The van der Waals surface area contributed by atoms with Gasteiger partial charge in [-0.05, 0) is 65.8 Å². The fraction of sp³-hybridized carbons (Fsp3) is 0.676. The highest BCUT2D eigenvalue weighted by Gasteiger charge is 2.46. The largest absolute Gasteiger partial charge is 0.460 e. The molecule has 4 N–H and O–H groups in total. The molecule has 149 heavy (non-hydrogen) atoms. The summed E-state index contributed by atoms with van der Waals surface area (Å²) in [6.45, 7) is 29.8. The van der Waals surface area contributed by atoms with Crippen molar-refractivity contribution in [2.75, 3.05) is 380 Å². The van der Waals surface area contributed by atoms with Gasteiger partial charge in [-0.3, -0.25) is 33.6 Å². The molecule has 0 bridgehead atoms. The Morgan fingerprint density at radius 1 is 0.503 bits per heavy atom. The Bertz CT molecular complexity index is 4770. The van der Waals surface area contributed by atoms with Crippen molar-refractivity contribution in [1.29, 1.82) is 0 Å². The molecular formula is C102H155F3N10O32S2. The molecule has 0 unspecified atom stereocenters. The fourth-order valence-electron chi connectivity index (χ4n) is 15.2. The van der Waals surface area contributed by atoms with Crippen LogP contribution in [-0.2, 0) is 154 Å². The number of H-pyrrole nitrogens is 1. The maximum absolute atomic E-state index is 15.9. The normalized spacial score (nSPS) is 15.5. The van der Waals surface area contributed by atoms with Crippen LogP contribution in [0.4, 0.5) is 24.5 Å². The number of rotatable bonds is 88. The zero-order chi connectivity index (χ0) is 106. The molecule has 6 heterocycles. The number of hydrogen-bond donors (Lipinski definition) is 4. The molecule has 3 fully saturated rings. The number of aromatic amines is 1. The molecule has 47 heteroatoms. The summed E-state index contributed by atoms with van der Waals surface area (Å²) in [5.74, 6) is -5.75. The summed E-state index contributed by atoms with van der Waals surface area (Å²) in [7, 11) is -2.77. The lowest BCUT2D eigenvalue weighted by Crippen LogP contribution is -2.58. The van der Waals surface area contributed by atoms with Crippen LogP contribution in [0.15, 0.2) is 84.6 Å². The molecule has 42 nitrogen and oxygen atoms in total. The molecule has 6 aromatic rings. The van der Waals surface area contributed by atoms with Crippen LogP contribution in [0.25, 0.3) is 32.6 Å². The van der Waals surface area contributed by atoms with E-state index >= 15 is 8.78 Å². The van der Waals surface area contributed by atoms with E-state index < -0.39 is 98.9 Å². The minimum Gasteiger partial charge on any atom is -0.460 e. The van der Waals surface area contributed by atoms with Gasteiger partial charge in [-0.2, -0.15) is 12.7 Å². The zero-order valence-electron chi connectivity index (χ0n) is 86.8. The lowest BCUT2D eigenvalue weighted by Gasteiger charge is -2.36. The summed E-state index contributed by atoms with van der Waals surface area (Å²) in [4.78, 5) is 88.7. The number of esters is 1. The number of carbonyl (C=O) groups excluding carboxylic acids is 5. The van der Waals surface area contributed by atoms with Crippen molar-refractivity contribution in [3.63, 3.8) is 0 Å². The first kappa shape index (κ1) is 124. The molecule has 3 aromatic heterocycles. The molecule has 0 spiro atoms. The number of thiazole rings is 1. The number of halogens is 3. The van der Waals surface area contributed by atoms with Gasteiger partial charge in [0.15, 0.2) is 5.82 Å². The summed E-state index contributed by atoms with van der Waals surface area (Å²) < 4.78 is 213. The van der Waals surface area contributed by atoms with E-state index in [0.717, 1.165) is 49.4 Å². The average molecular weight is 2150 g/mol. The number of aromatic nitrogens is 3. The van der Waals surface area contributed by atoms with E-state index in [1.54, 1.807) is 24.9 Å². The van der Waals surface area contributed by atoms with E-state index in [2.05, 4.69) is 35.4 Å². The van der Waals surface area contributed by atoms with Crippen molar-refractivity contribution < 1.29 is 164 Å². The Morgan fingerprint density at radius 3 is 1.34 bits per heavy atom. The first-order chi connectivity index (χ1) is 72.7. The van der Waals surface area contributed by atoms with Gasteiger partial charge in [-0.1, -0.05) is 57.2 Å². The Balaban J connectivity index is 0.515. The number of hydrogen-bond acceptors (Lipinski definition) is 37. The van der Waals surface area contributed by atoms with E-state index in [0.29, 0.717) is 316 Å². The molecule has 3 aliphatic rings. The number of benzene rings is 3. The molecule has 3 aliphatic heterocycles. The number of amides is 3. The number of anilines is 2. The van der Waals surface area contributed by atoms with Crippen LogP contribution >= 0.6 is 11.3 Å². The molecule has 3 amide bonds. The quantitative estimate of drug-likeness (QED) is 0.0174. The molecule has 838 valence electrons. The topological polar surface area (TPSA) is 441 Å². The molecule has 3 saturated heterocycles. The van der Waals surface area contributed by atoms with E-state index in [9.17, 15) is 36.8 Å². The number of ketones is 1. The number of ether oxygens (including phenoxy) is 25. The van der Waals surface area contributed by atoms with Gasteiger partial charge < -0.3 is 144 Å². The van der Waals surface area contributed by atoms with Gasteiger partial charge >= 0.3 is 16.2 Å². The summed E-state index contributed by atoms with van der Waals surface area (Å²) in [6, 6.07) is 16.7. The number of nitrogens with zero attached hydrogens (tertiary/aromatic N) is 6. The van der Waals surface area contributed by atoms with Gasteiger partial charge in [-0.15, -0.1) is 11.3 Å². The maximum Gasteiger partial charge on any atom is 0.308 e. The first-order valence-corrected chi connectivity index (χ1v) is 53.3. The molecule has 0 radical (unpaired) electrons. The zero-order valence-corrected chi connectivity index (χ0v) is 88.4. The minimum atomic E-state index is -4.41. The summed E-state index contributed by atoms with van der Waals surface area (Å²) in [6.07, 6.45) is 0.556. The monoisotopic (exact) mass is 2150 g/mol. The van der Waals surface area contributed by atoms with Crippen LogP contribution in [0.5, 0.6) is 0 Å². The third kappa shape index (κ3) is 49.9. The van der Waals surface area contributed by atoms with E-state index in [1.807, 2.05) is 80.9 Å². The second-order valence-electron chi connectivity index (χ2n) is 35.3. The number of pyridine rings is 1. The Hall–Kier alpha value is -8.17. The van der Waals surface area contributed by atoms with E-state index in [-0.39, 0.29) is 88.5 Å². The fourth-order valence-corrected chi connectivity index (χ4v) is 17.3. The Kier molecular flexibility index (Phi) is 62.4. The molecule has 0 aliphatic carbocycles. The lowest BCUT2D eigenvalue weighted by atomic mass is 9.85. The van der Waals surface area contributed by atoms with Crippen molar-refractivity contribution in [1.82, 2.24) is 39.7 Å². The van der Waals surface area contributed by atoms with Gasteiger partial charge in [-0.25, -0.2) is 23.1 Å². The van der Waals surface area contributed by atoms with E-state index in [4.69, 9.17) is 118 Å². The van der Waals surface area contributed by atoms with Crippen molar-refractivity contribution in [3.05, 3.63) is 119 Å². The van der Waals surface area contributed by atoms with Crippen LogP contribution in [0.3, 0.4) is 0 Å². The second kappa shape index (κ2) is 74.8. The number of methoxy groups -OCH3 is 1. The highest BCUT2D eigenvalue weighted by atomic mass is 32.2. The predicted octanol–water partition coefficient (Wildman–Crippen LogP) is 6.77. The number of likely N-dealkylation sites (tertiary alicyclic amines) is 1. The minimum absolute atomic E-state index is 0.0145. The van der Waals surface area contributed by atoms with Crippen molar-refractivity contribution >= 4 is 73.4 Å². The standard InChI is InChI=1S/C102H155F3N10O32S2/c1-79-97(148-78-109-79)82-8-6-80(7-9-82)72-108-100(119)91-71-86(76-115(91)101(120)98(102(2,3)4)110-92(116)77-146-25-23-112-19-21-113(22-20-112)85-12-10-81(11-13-85)83-70-87-88(74-107-99(87)106-73-83)96(118)94-89(104)14-15-90(95(94)105)111-149(121,122)114-18-16-84(103)75-114)147-93(117)17-24-124-28-29-126-32-33-128-36-37-130-40-41-132-44-45-134-48-49-136-52-53-138-56-57-140-60-61-142-64-65-144-68-69-145-67-66-143-63-62-141-59-58-139-55-54-137-51-50-135-47-46-133-43-42-131-39-38-129-35-34-127-31-30-125-27-26-123-5/h6-15,70,73-74,78,84,86,91,98,111H,16-69,71-72,75-77H2,1-5H3,(H,106,107)(H,108,119)(H,110,116)/t84-,86-,91+,98-/m1/s1. The molecule has 0 saturated carbocycles. The van der Waals surface area contributed by atoms with Crippen LogP contribution in [0.1, 0.15) is 67.2 Å². The lowest BCUT2D eigenvalue weighted by molar-refractivity contribution is -0.151. The second-order valence-corrected chi connectivity index (χ2v) is 37.9. The van der Waals surface area contributed by atoms with Gasteiger partial charge in [0.25, 0.3) is 0 Å². The predicted molar refractivity (Wildman–Crippen MR) is 544 cm³/mol. The summed E-state index contributed by atoms with van der Waals surface area (Å²) in [5.41, 5.74) is 4.54. The Labute approximate surface area is 875 Å². The Morgan fingerprint density at radius 2 is 0.933 bits per heavy atom. The smallest absolute Gasteiger partial charge is 0.308 e. The molecular weight excluding hydrogens is 2000 g/mol. The van der Waals surface area contributed by atoms with Crippen molar-refractivity contribution in [2.45, 2.75) is 77.9 Å². The highest BCUT2D eigenvalue weighted by molar-refractivity contribution is 7.90. The first-order valence-electron chi connectivity index (χ1n) is 51.0. The van der Waals surface area contributed by atoms with Crippen LogP contribution in [0, 0.1) is 24.0 Å². The number of fused-ring (bicyclic) bond motifs is 1.